The maximum absolute atomic E-state index is 10.4. The maximum atomic E-state index is 10.4. The van der Waals surface area contributed by atoms with Crippen LogP contribution in [-0.2, 0) is 4.79 Å². The molecular weight excluding hydrogens is 150 g/mol. The minimum Gasteiger partial charge on any atom is -0.327 e. The minimum atomic E-state index is 0.0824. The van der Waals surface area contributed by atoms with E-state index in [0.29, 0.717) is 6.54 Å². The first-order chi connectivity index (χ1) is 5.74. The molecule has 1 unspecified atom stereocenters. The Balaban J connectivity index is 4.13. The summed E-state index contributed by atoms with van der Waals surface area (Å²) in [5.41, 5.74) is 6.52. The molecule has 0 heterocycles. The van der Waals surface area contributed by atoms with Crippen LogP contribution in [0.3, 0.4) is 0 Å². The molecule has 0 spiro atoms. The summed E-state index contributed by atoms with van der Waals surface area (Å²) in [4.78, 5) is 10.4. The molecule has 2 heteroatoms. The highest BCUT2D eigenvalue weighted by molar-refractivity contribution is 5.53. The van der Waals surface area contributed by atoms with Gasteiger partial charge in [0.1, 0.15) is 6.29 Å². The molecule has 0 aromatic rings. The van der Waals surface area contributed by atoms with Crippen LogP contribution in [0.15, 0.2) is 23.8 Å². The monoisotopic (exact) mass is 167 g/mol. The fraction of sp³-hybridized carbons (Fsp3) is 0.500. The maximum Gasteiger partial charge on any atom is 0.123 e. The summed E-state index contributed by atoms with van der Waals surface area (Å²) in [6, 6.07) is 0. The van der Waals surface area contributed by atoms with Crippen LogP contribution in [0.5, 0.6) is 0 Å². The van der Waals surface area contributed by atoms with E-state index in [1.165, 1.54) is 0 Å². The molecule has 68 valence electrons. The van der Waals surface area contributed by atoms with Crippen molar-refractivity contribution in [1.29, 1.82) is 0 Å². The average Bonchev–Trinajstić information content (AvgIpc) is 2.05. The molecule has 0 radical (unpaired) electrons. The number of carbonyl (C=O) groups is 1. The fourth-order valence-corrected chi connectivity index (χ4v) is 1.00. The highest BCUT2D eigenvalue weighted by Crippen LogP contribution is 2.10. The van der Waals surface area contributed by atoms with Crippen molar-refractivity contribution in [1.82, 2.24) is 0 Å². The van der Waals surface area contributed by atoms with Crippen molar-refractivity contribution in [2.24, 2.45) is 11.7 Å². The predicted molar refractivity (Wildman–Crippen MR) is 51.8 cm³/mol. The summed E-state index contributed by atoms with van der Waals surface area (Å²) in [7, 11) is 0. The summed E-state index contributed by atoms with van der Waals surface area (Å²) in [5.74, 6) is 0.0824. The Hall–Kier alpha value is -0.890. The van der Waals surface area contributed by atoms with Crippen LogP contribution in [0.4, 0.5) is 0 Å². The number of hydrogen-bond acceptors (Lipinski definition) is 2. The molecule has 0 saturated carbocycles. The van der Waals surface area contributed by atoms with Gasteiger partial charge in [-0.25, -0.2) is 0 Å². The molecule has 0 aromatic carbocycles. The van der Waals surface area contributed by atoms with Crippen molar-refractivity contribution >= 4 is 6.29 Å². The number of nitrogens with two attached hydrogens (primary N) is 1. The molecule has 0 aliphatic heterocycles. The Morgan fingerprint density at radius 3 is 2.67 bits per heavy atom. The zero-order valence-electron chi connectivity index (χ0n) is 7.79. The number of hydrogen-bond donors (Lipinski definition) is 1. The van der Waals surface area contributed by atoms with Crippen LogP contribution in [0.1, 0.15) is 20.3 Å². The Bertz CT molecular complexity index is 182. The van der Waals surface area contributed by atoms with Crippen LogP contribution in [0.25, 0.3) is 0 Å². The second-order valence-corrected chi connectivity index (χ2v) is 2.83. The largest absolute Gasteiger partial charge is 0.327 e. The van der Waals surface area contributed by atoms with Crippen LogP contribution in [0, 0.1) is 5.92 Å². The molecule has 2 N–H and O–H groups in total. The highest BCUT2D eigenvalue weighted by Gasteiger charge is 2.00. The Kier molecular flexibility index (Phi) is 6.29. The molecule has 1 atom stereocenters. The molecule has 0 aromatic heterocycles. The van der Waals surface area contributed by atoms with E-state index < -0.39 is 0 Å². The van der Waals surface area contributed by atoms with E-state index in [2.05, 4.69) is 0 Å². The summed E-state index contributed by atoms with van der Waals surface area (Å²) in [6.07, 6.45) is 7.64. The zero-order chi connectivity index (χ0) is 9.40. The normalized spacial score (nSPS) is 15.1. The van der Waals surface area contributed by atoms with E-state index in [-0.39, 0.29) is 5.92 Å². The smallest absolute Gasteiger partial charge is 0.123 e. The lowest BCUT2D eigenvalue weighted by Gasteiger charge is -2.03. The van der Waals surface area contributed by atoms with Gasteiger partial charge in [0.15, 0.2) is 0 Å². The van der Waals surface area contributed by atoms with Crippen molar-refractivity contribution in [2.75, 3.05) is 6.54 Å². The van der Waals surface area contributed by atoms with Gasteiger partial charge in [0.25, 0.3) is 0 Å². The van der Waals surface area contributed by atoms with Gasteiger partial charge in [-0.05, 0) is 13.3 Å². The first-order valence-electron chi connectivity index (χ1n) is 4.21. The Labute approximate surface area is 74.1 Å². The van der Waals surface area contributed by atoms with Gasteiger partial charge in [-0.15, -0.1) is 0 Å². The van der Waals surface area contributed by atoms with Crippen molar-refractivity contribution in [3.63, 3.8) is 0 Å². The third-order valence-electron chi connectivity index (χ3n) is 1.55. The van der Waals surface area contributed by atoms with Gasteiger partial charge in [-0.1, -0.05) is 30.7 Å². The van der Waals surface area contributed by atoms with Gasteiger partial charge in [0, 0.05) is 12.5 Å². The molecule has 0 fully saturated rings. The molecule has 2 nitrogen and oxygen atoms in total. The first kappa shape index (κ1) is 11.1. The summed E-state index contributed by atoms with van der Waals surface area (Å²) in [6.45, 7) is 4.39. The zero-order valence-corrected chi connectivity index (χ0v) is 7.79. The van der Waals surface area contributed by atoms with Crippen molar-refractivity contribution in [3.05, 3.63) is 23.8 Å². The van der Waals surface area contributed by atoms with Gasteiger partial charge in [0.05, 0.1) is 0 Å². The van der Waals surface area contributed by atoms with E-state index in [1.54, 1.807) is 0 Å². The van der Waals surface area contributed by atoms with E-state index in [0.717, 1.165) is 18.3 Å². The molecule has 0 bridgehead atoms. The van der Waals surface area contributed by atoms with Crippen molar-refractivity contribution in [2.45, 2.75) is 20.3 Å². The first-order valence-corrected chi connectivity index (χ1v) is 4.21. The second-order valence-electron chi connectivity index (χ2n) is 2.83. The van der Waals surface area contributed by atoms with Gasteiger partial charge >= 0.3 is 0 Å². The topological polar surface area (TPSA) is 43.1 Å². The van der Waals surface area contributed by atoms with Crippen LogP contribution in [0.2, 0.25) is 0 Å². The third kappa shape index (κ3) is 4.85. The average molecular weight is 167 g/mol. The summed E-state index contributed by atoms with van der Waals surface area (Å²) in [5, 5.41) is 0. The van der Waals surface area contributed by atoms with Crippen molar-refractivity contribution < 1.29 is 4.79 Å². The van der Waals surface area contributed by atoms with Crippen LogP contribution >= 0.6 is 0 Å². The van der Waals surface area contributed by atoms with Gasteiger partial charge in [-0.3, -0.25) is 0 Å². The van der Waals surface area contributed by atoms with E-state index >= 15 is 0 Å². The van der Waals surface area contributed by atoms with Crippen LogP contribution in [-0.4, -0.2) is 12.8 Å². The Morgan fingerprint density at radius 1 is 1.58 bits per heavy atom. The standard InChI is InChI=1S/C10H17NO/c1-3-4-10(5-6-11)7-9(2)8-12/h3-5,8-9H,6-7,11H2,1-2H3. The number of rotatable bonds is 5. The molecule has 0 amide bonds. The van der Waals surface area contributed by atoms with Crippen LogP contribution < -0.4 is 5.73 Å². The molecule has 0 rings (SSSR count). The van der Waals surface area contributed by atoms with Gasteiger partial charge in [0.2, 0.25) is 0 Å². The number of carbonyl (C=O) groups excluding carboxylic acids is 1. The Morgan fingerprint density at radius 2 is 2.25 bits per heavy atom. The SMILES string of the molecule is CC=CC(=CCN)CC(C)C=O. The molecule has 12 heavy (non-hydrogen) atoms. The highest BCUT2D eigenvalue weighted by atomic mass is 16.1. The summed E-state index contributed by atoms with van der Waals surface area (Å²) < 4.78 is 0. The lowest BCUT2D eigenvalue weighted by atomic mass is 10.0. The molecule has 0 saturated heterocycles. The summed E-state index contributed by atoms with van der Waals surface area (Å²) >= 11 is 0. The molecule has 0 aliphatic carbocycles. The molecular formula is C10H17NO. The van der Waals surface area contributed by atoms with E-state index in [4.69, 9.17) is 5.73 Å². The van der Waals surface area contributed by atoms with Crippen molar-refractivity contribution in [3.8, 4) is 0 Å². The van der Waals surface area contributed by atoms with E-state index in [9.17, 15) is 4.79 Å². The lowest BCUT2D eigenvalue weighted by Crippen LogP contribution is -2.00. The quantitative estimate of drug-likeness (QED) is 0.500. The van der Waals surface area contributed by atoms with E-state index in [1.807, 2.05) is 32.1 Å². The molecule has 0 aliphatic rings. The second kappa shape index (κ2) is 6.80. The predicted octanol–water partition coefficient (Wildman–Crippen LogP) is 1.67. The fourth-order valence-electron chi connectivity index (χ4n) is 1.00. The minimum absolute atomic E-state index is 0.0824. The number of allylic oxidation sites excluding steroid dienone is 3. The van der Waals surface area contributed by atoms with Gasteiger partial charge < -0.3 is 10.5 Å². The van der Waals surface area contributed by atoms with Gasteiger partial charge in [-0.2, -0.15) is 0 Å². The number of aldehydes is 1. The lowest BCUT2D eigenvalue weighted by molar-refractivity contribution is -0.110. The third-order valence-corrected chi connectivity index (χ3v) is 1.55.